The fourth-order valence-corrected chi connectivity index (χ4v) is 1.84. The number of anilines is 1. The lowest BCUT2D eigenvalue weighted by molar-refractivity contribution is -0.0493. The van der Waals surface area contributed by atoms with Gasteiger partial charge in [0.25, 0.3) is 0 Å². The highest BCUT2D eigenvalue weighted by molar-refractivity contribution is 5.57. The highest BCUT2D eigenvalue weighted by atomic mass is 19.3. The van der Waals surface area contributed by atoms with Crippen molar-refractivity contribution < 1.29 is 17.9 Å². The third-order valence-corrected chi connectivity index (χ3v) is 2.73. The molecule has 0 bridgehead atoms. The smallest absolute Gasteiger partial charge is 0.387 e. The van der Waals surface area contributed by atoms with Crippen molar-refractivity contribution in [1.82, 2.24) is 0 Å². The molecule has 5 heteroatoms. The van der Waals surface area contributed by atoms with Gasteiger partial charge in [0.05, 0.1) is 18.0 Å². The lowest BCUT2D eigenvalue weighted by Crippen LogP contribution is -2.11. The second kappa shape index (κ2) is 6.22. The molecule has 1 aromatic heterocycles. The van der Waals surface area contributed by atoms with Crippen LogP contribution in [0, 0.1) is 0 Å². The van der Waals surface area contributed by atoms with Crippen LogP contribution in [0.5, 0.6) is 5.75 Å². The van der Waals surface area contributed by atoms with E-state index in [4.69, 9.17) is 4.42 Å². The van der Waals surface area contributed by atoms with Gasteiger partial charge in [-0.15, -0.1) is 0 Å². The molecule has 0 amide bonds. The number of hydrogen-bond donors (Lipinski definition) is 1. The van der Waals surface area contributed by atoms with Crippen LogP contribution >= 0.6 is 0 Å². The van der Waals surface area contributed by atoms with E-state index in [1.165, 1.54) is 6.07 Å². The van der Waals surface area contributed by atoms with Crippen molar-refractivity contribution in [2.24, 2.45) is 0 Å². The van der Waals surface area contributed by atoms with Gasteiger partial charge in [0.15, 0.2) is 0 Å². The Morgan fingerprint density at radius 2 is 2.00 bits per heavy atom. The molecule has 2 aromatic rings. The van der Waals surface area contributed by atoms with Gasteiger partial charge in [-0.25, -0.2) is 0 Å². The third kappa shape index (κ3) is 3.47. The van der Waals surface area contributed by atoms with Gasteiger partial charge in [-0.1, -0.05) is 19.1 Å². The van der Waals surface area contributed by atoms with Crippen LogP contribution in [0.2, 0.25) is 0 Å². The quantitative estimate of drug-likeness (QED) is 0.840. The molecule has 1 heterocycles. The summed E-state index contributed by atoms with van der Waals surface area (Å²) in [5.41, 5.74) is 0.519. The van der Waals surface area contributed by atoms with Crippen LogP contribution in [-0.4, -0.2) is 6.61 Å². The maximum Gasteiger partial charge on any atom is 0.387 e. The summed E-state index contributed by atoms with van der Waals surface area (Å²) in [6.45, 7) is -0.858. The second-order valence-corrected chi connectivity index (χ2v) is 4.00. The van der Waals surface area contributed by atoms with E-state index in [1.807, 2.05) is 13.0 Å². The zero-order valence-corrected chi connectivity index (χ0v) is 10.5. The summed E-state index contributed by atoms with van der Waals surface area (Å²) in [6, 6.07) is 10.2. The molecule has 0 aliphatic carbocycles. The van der Waals surface area contributed by atoms with Gasteiger partial charge in [0, 0.05) is 0 Å². The van der Waals surface area contributed by atoms with Crippen LogP contribution in [0.3, 0.4) is 0 Å². The van der Waals surface area contributed by atoms with Crippen molar-refractivity contribution in [1.29, 1.82) is 0 Å². The number of para-hydroxylation sites is 2. The number of rotatable bonds is 6. The summed E-state index contributed by atoms with van der Waals surface area (Å²) in [5.74, 6) is 0.886. The van der Waals surface area contributed by atoms with Gasteiger partial charge < -0.3 is 14.5 Å². The van der Waals surface area contributed by atoms with E-state index in [9.17, 15) is 8.78 Å². The van der Waals surface area contributed by atoms with Gasteiger partial charge in [-0.05, 0) is 30.7 Å². The molecule has 0 saturated carbocycles. The Labute approximate surface area is 110 Å². The minimum atomic E-state index is -2.84. The van der Waals surface area contributed by atoms with Gasteiger partial charge >= 0.3 is 6.61 Å². The number of alkyl halides is 2. The van der Waals surface area contributed by atoms with E-state index in [2.05, 4.69) is 10.1 Å². The predicted octanol–water partition coefficient (Wildman–Crippen LogP) is 4.44. The summed E-state index contributed by atoms with van der Waals surface area (Å²) in [4.78, 5) is 0. The van der Waals surface area contributed by atoms with E-state index in [1.54, 1.807) is 30.5 Å². The Morgan fingerprint density at radius 1 is 1.21 bits per heavy atom. The van der Waals surface area contributed by atoms with Crippen molar-refractivity contribution in [2.45, 2.75) is 26.0 Å². The summed E-state index contributed by atoms with van der Waals surface area (Å²) in [6.07, 6.45) is 2.35. The van der Waals surface area contributed by atoms with Crippen LogP contribution in [0.15, 0.2) is 47.1 Å². The largest absolute Gasteiger partial charge is 0.467 e. The Kier molecular flexibility index (Phi) is 4.39. The molecule has 1 aromatic carbocycles. The molecule has 0 aliphatic heterocycles. The monoisotopic (exact) mass is 267 g/mol. The molecule has 0 fully saturated rings. The molecule has 19 heavy (non-hydrogen) atoms. The van der Waals surface area contributed by atoms with Gasteiger partial charge in [0.2, 0.25) is 0 Å². The fraction of sp³-hybridized carbons (Fsp3) is 0.286. The van der Waals surface area contributed by atoms with Crippen LogP contribution in [0.1, 0.15) is 25.1 Å². The first-order chi connectivity index (χ1) is 9.20. The van der Waals surface area contributed by atoms with Crippen LogP contribution < -0.4 is 10.1 Å². The molecule has 0 saturated heterocycles. The van der Waals surface area contributed by atoms with E-state index >= 15 is 0 Å². The zero-order valence-electron chi connectivity index (χ0n) is 10.5. The van der Waals surface area contributed by atoms with Gasteiger partial charge in [-0.3, -0.25) is 0 Å². The Bertz CT molecular complexity index is 500. The topological polar surface area (TPSA) is 34.4 Å². The third-order valence-electron chi connectivity index (χ3n) is 2.73. The highest BCUT2D eigenvalue weighted by Gasteiger charge is 2.15. The number of ether oxygens (including phenoxy) is 1. The highest BCUT2D eigenvalue weighted by Crippen LogP contribution is 2.30. The molecule has 1 N–H and O–H groups in total. The van der Waals surface area contributed by atoms with Gasteiger partial charge in [0.1, 0.15) is 11.5 Å². The standard InChI is InChI=1S/C14H15F2NO2/c1-2-10(12-8-5-9-18-12)17-11-6-3-4-7-13(11)19-14(15)16/h3-10,14,17H,2H2,1H3. The van der Waals surface area contributed by atoms with Crippen molar-refractivity contribution in [3.8, 4) is 5.75 Å². The Hall–Kier alpha value is -2.04. The predicted molar refractivity (Wildman–Crippen MR) is 68.4 cm³/mol. The SMILES string of the molecule is CCC(Nc1ccccc1OC(F)F)c1ccco1. The van der Waals surface area contributed by atoms with E-state index in [0.29, 0.717) is 5.69 Å². The van der Waals surface area contributed by atoms with Crippen LogP contribution in [0.25, 0.3) is 0 Å². The van der Waals surface area contributed by atoms with Crippen molar-refractivity contribution >= 4 is 5.69 Å². The van der Waals surface area contributed by atoms with Crippen molar-refractivity contribution in [3.05, 3.63) is 48.4 Å². The number of furan rings is 1. The average Bonchev–Trinajstić information content (AvgIpc) is 2.91. The van der Waals surface area contributed by atoms with Crippen LogP contribution in [-0.2, 0) is 0 Å². The molecule has 0 aliphatic rings. The normalized spacial score (nSPS) is 12.4. The number of benzene rings is 1. The van der Waals surface area contributed by atoms with E-state index in [-0.39, 0.29) is 11.8 Å². The van der Waals surface area contributed by atoms with Crippen LogP contribution in [0.4, 0.5) is 14.5 Å². The molecule has 0 spiro atoms. The summed E-state index contributed by atoms with van der Waals surface area (Å²) in [5, 5.41) is 3.15. The average molecular weight is 267 g/mol. The summed E-state index contributed by atoms with van der Waals surface area (Å²) in [7, 11) is 0. The maximum absolute atomic E-state index is 12.3. The molecule has 3 nitrogen and oxygen atoms in total. The molecule has 1 atom stereocenters. The molecule has 0 radical (unpaired) electrons. The maximum atomic E-state index is 12.3. The molecular weight excluding hydrogens is 252 g/mol. The lowest BCUT2D eigenvalue weighted by Gasteiger charge is -2.18. The lowest BCUT2D eigenvalue weighted by atomic mass is 10.1. The van der Waals surface area contributed by atoms with E-state index in [0.717, 1.165) is 12.2 Å². The Morgan fingerprint density at radius 3 is 2.63 bits per heavy atom. The fourth-order valence-electron chi connectivity index (χ4n) is 1.84. The summed E-state index contributed by atoms with van der Waals surface area (Å²) >= 11 is 0. The number of nitrogens with one attached hydrogen (secondary N) is 1. The van der Waals surface area contributed by atoms with Gasteiger partial charge in [-0.2, -0.15) is 8.78 Å². The molecule has 102 valence electrons. The summed E-state index contributed by atoms with van der Waals surface area (Å²) < 4.78 is 34.5. The Balaban J connectivity index is 2.17. The first-order valence-electron chi connectivity index (χ1n) is 6.04. The minimum absolute atomic E-state index is 0.0857. The first kappa shape index (κ1) is 13.4. The number of hydrogen-bond acceptors (Lipinski definition) is 3. The molecular formula is C14H15F2NO2. The second-order valence-electron chi connectivity index (χ2n) is 4.00. The van der Waals surface area contributed by atoms with Crippen molar-refractivity contribution in [2.75, 3.05) is 5.32 Å². The minimum Gasteiger partial charge on any atom is -0.467 e. The molecule has 2 rings (SSSR count). The zero-order chi connectivity index (χ0) is 13.7. The number of halogens is 2. The molecule has 1 unspecified atom stereocenters. The van der Waals surface area contributed by atoms with Crippen molar-refractivity contribution in [3.63, 3.8) is 0 Å². The van der Waals surface area contributed by atoms with E-state index < -0.39 is 6.61 Å². The first-order valence-corrected chi connectivity index (χ1v) is 6.04.